The second kappa shape index (κ2) is 7.81. The van der Waals surface area contributed by atoms with E-state index in [-0.39, 0.29) is 0 Å². The van der Waals surface area contributed by atoms with E-state index in [9.17, 15) is 0 Å². The van der Waals surface area contributed by atoms with Crippen molar-refractivity contribution in [3.05, 3.63) is 30.3 Å². The first-order valence-electron chi connectivity index (χ1n) is 8.18. The van der Waals surface area contributed by atoms with Gasteiger partial charge in [0.25, 0.3) is 0 Å². The molecule has 1 aliphatic carbocycles. The van der Waals surface area contributed by atoms with Gasteiger partial charge in [0.15, 0.2) is 0 Å². The zero-order valence-electron chi connectivity index (χ0n) is 13.8. The van der Waals surface area contributed by atoms with Gasteiger partial charge in [-0.05, 0) is 45.0 Å². The first-order valence-corrected chi connectivity index (χ1v) is 8.18. The lowest BCUT2D eigenvalue weighted by atomic mass is 9.75. The summed E-state index contributed by atoms with van der Waals surface area (Å²) in [6.45, 7) is 5.07. The molecule has 2 unspecified atom stereocenters. The summed E-state index contributed by atoms with van der Waals surface area (Å²) in [5.41, 5.74) is 0.324. The zero-order chi connectivity index (χ0) is 15.1. The molecule has 1 aromatic carbocycles. The van der Waals surface area contributed by atoms with Crippen LogP contribution in [-0.4, -0.2) is 44.2 Å². The highest BCUT2D eigenvalue weighted by Gasteiger charge is 2.36. The fraction of sp³-hybridized carbons (Fsp3) is 0.667. The average molecular weight is 290 g/mol. The molecule has 0 heterocycles. The summed E-state index contributed by atoms with van der Waals surface area (Å²) in [5, 5.41) is 3.60. The molecule has 21 heavy (non-hydrogen) atoms. The highest BCUT2D eigenvalue weighted by atomic mass is 16.5. The maximum atomic E-state index is 5.73. The molecule has 118 valence electrons. The van der Waals surface area contributed by atoms with E-state index >= 15 is 0 Å². The molecular formula is C18H30N2O. The van der Waals surface area contributed by atoms with Crippen molar-refractivity contribution in [2.24, 2.45) is 5.92 Å². The van der Waals surface area contributed by atoms with Crippen LogP contribution in [0.4, 0.5) is 0 Å². The molecule has 0 aliphatic heterocycles. The standard InChI is InChI=1S/C18H30N2O/c1-16-8-7-11-18(14-16,20(2)3)15-19-12-13-21-17-9-5-4-6-10-17/h4-6,9-10,16,19H,7-8,11-15H2,1-3H3. The fourth-order valence-corrected chi connectivity index (χ4v) is 3.44. The Labute approximate surface area is 129 Å². The van der Waals surface area contributed by atoms with Gasteiger partial charge in [0.2, 0.25) is 0 Å². The summed E-state index contributed by atoms with van der Waals surface area (Å²) in [6, 6.07) is 10.0. The van der Waals surface area contributed by atoms with Crippen molar-refractivity contribution in [1.82, 2.24) is 10.2 Å². The van der Waals surface area contributed by atoms with Gasteiger partial charge in [-0.3, -0.25) is 0 Å². The van der Waals surface area contributed by atoms with Crippen LogP contribution in [0.1, 0.15) is 32.6 Å². The molecule has 3 nitrogen and oxygen atoms in total. The van der Waals surface area contributed by atoms with E-state index in [0.29, 0.717) is 5.54 Å². The van der Waals surface area contributed by atoms with Crippen LogP contribution in [0, 0.1) is 5.92 Å². The number of ether oxygens (including phenoxy) is 1. The molecule has 0 aromatic heterocycles. The predicted octanol–water partition coefficient (Wildman–Crippen LogP) is 3.17. The van der Waals surface area contributed by atoms with Crippen LogP contribution < -0.4 is 10.1 Å². The smallest absolute Gasteiger partial charge is 0.119 e. The van der Waals surface area contributed by atoms with Gasteiger partial charge >= 0.3 is 0 Å². The van der Waals surface area contributed by atoms with Crippen molar-refractivity contribution in [3.63, 3.8) is 0 Å². The first-order chi connectivity index (χ1) is 10.1. The van der Waals surface area contributed by atoms with Gasteiger partial charge < -0.3 is 15.0 Å². The van der Waals surface area contributed by atoms with E-state index < -0.39 is 0 Å². The molecule has 2 atom stereocenters. The van der Waals surface area contributed by atoms with Crippen LogP contribution in [0.2, 0.25) is 0 Å². The van der Waals surface area contributed by atoms with E-state index in [0.717, 1.165) is 31.4 Å². The Kier molecular flexibility index (Phi) is 6.07. The molecule has 1 aliphatic rings. The predicted molar refractivity (Wildman–Crippen MR) is 88.9 cm³/mol. The number of hydrogen-bond acceptors (Lipinski definition) is 3. The minimum absolute atomic E-state index is 0.324. The topological polar surface area (TPSA) is 24.5 Å². The van der Waals surface area contributed by atoms with E-state index in [2.05, 4.69) is 31.2 Å². The van der Waals surface area contributed by atoms with Gasteiger partial charge in [0, 0.05) is 18.6 Å². The molecule has 1 fully saturated rings. The Morgan fingerprint density at radius 1 is 1.29 bits per heavy atom. The molecule has 3 heteroatoms. The second-order valence-corrected chi connectivity index (χ2v) is 6.66. The van der Waals surface area contributed by atoms with Crippen molar-refractivity contribution in [2.75, 3.05) is 33.8 Å². The van der Waals surface area contributed by atoms with E-state index in [1.165, 1.54) is 25.7 Å². The summed E-state index contributed by atoms with van der Waals surface area (Å²) in [6.07, 6.45) is 5.33. The van der Waals surface area contributed by atoms with E-state index in [4.69, 9.17) is 4.74 Å². The summed E-state index contributed by atoms with van der Waals surface area (Å²) in [5.74, 6) is 1.79. The highest BCUT2D eigenvalue weighted by Crippen LogP contribution is 2.35. The lowest BCUT2D eigenvalue weighted by Gasteiger charge is -2.45. The highest BCUT2D eigenvalue weighted by molar-refractivity contribution is 5.20. The fourth-order valence-electron chi connectivity index (χ4n) is 3.44. The number of nitrogens with one attached hydrogen (secondary N) is 1. The molecule has 0 amide bonds. The van der Waals surface area contributed by atoms with Gasteiger partial charge in [-0.1, -0.05) is 38.0 Å². The van der Waals surface area contributed by atoms with Crippen LogP contribution in [0.25, 0.3) is 0 Å². The van der Waals surface area contributed by atoms with Crippen molar-refractivity contribution in [2.45, 2.75) is 38.1 Å². The minimum atomic E-state index is 0.324. The lowest BCUT2D eigenvalue weighted by molar-refractivity contribution is 0.0744. The number of benzene rings is 1. The Balaban J connectivity index is 1.73. The average Bonchev–Trinajstić information content (AvgIpc) is 2.48. The van der Waals surface area contributed by atoms with Gasteiger partial charge in [0.1, 0.15) is 12.4 Å². The number of para-hydroxylation sites is 1. The van der Waals surface area contributed by atoms with Gasteiger partial charge in [-0.15, -0.1) is 0 Å². The second-order valence-electron chi connectivity index (χ2n) is 6.66. The van der Waals surface area contributed by atoms with Crippen molar-refractivity contribution in [3.8, 4) is 5.75 Å². The molecule has 0 saturated heterocycles. The van der Waals surface area contributed by atoms with Crippen molar-refractivity contribution < 1.29 is 4.74 Å². The van der Waals surface area contributed by atoms with Crippen molar-refractivity contribution in [1.29, 1.82) is 0 Å². The molecule has 1 N–H and O–H groups in total. The molecule has 1 saturated carbocycles. The van der Waals surface area contributed by atoms with Crippen molar-refractivity contribution >= 4 is 0 Å². The number of nitrogens with zero attached hydrogens (tertiary/aromatic N) is 1. The molecule has 0 radical (unpaired) electrons. The van der Waals surface area contributed by atoms with E-state index in [1.807, 2.05) is 30.3 Å². The monoisotopic (exact) mass is 290 g/mol. The minimum Gasteiger partial charge on any atom is -0.492 e. The summed E-state index contributed by atoms with van der Waals surface area (Å²) in [7, 11) is 4.44. The van der Waals surface area contributed by atoms with Gasteiger partial charge in [-0.25, -0.2) is 0 Å². The Morgan fingerprint density at radius 2 is 2.05 bits per heavy atom. The zero-order valence-corrected chi connectivity index (χ0v) is 13.8. The molecular weight excluding hydrogens is 260 g/mol. The van der Waals surface area contributed by atoms with Gasteiger partial charge in [-0.2, -0.15) is 0 Å². The summed E-state index contributed by atoms with van der Waals surface area (Å²) in [4.78, 5) is 2.42. The van der Waals surface area contributed by atoms with Crippen LogP contribution >= 0.6 is 0 Å². The third-order valence-corrected chi connectivity index (χ3v) is 4.76. The van der Waals surface area contributed by atoms with Crippen LogP contribution in [0.5, 0.6) is 5.75 Å². The van der Waals surface area contributed by atoms with Crippen LogP contribution in [-0.2, 0) is 0 Å². The largest absolute Gasteiger partial charge is 0.492 e. The Morgan fingerprint density at radius 3 is 2.71 bits per heavy atom. The number of hydrogen-bond donors (Lipinski definition) is 1. The quantitative estimate of drug-likeness (QED) is 0.781. The number of rotatable bonds is 7. The first kappa shape index (κ1) is 16.3. The molecule has 0 bridgehead atoms. The summed E-state index contributed by atoms with van der Waals surface area (Å²) < 4.78 is 5.73. The van der Waals surface area contributed by atoms with Crippen LogP contribution in [0.3, 0.4) is 0 Å². The number of likely N-dealkylation sites (N-methyl/N-ethyl adjacent to an activating group) is 1. The SMILES string of the molecule is CC1CCCC(CNCCOc2ccccc2)(N(C)C)C1. The lowest BCUT2D eigenvalue weighted by Crippen LogP contribution is -2.54. The molecule has 2 rings (SSSR count). The maximum Gasteiger partial charge on any atom is 0.119 e. The third kappa shape index (κ3) is 4.72. The third-order valence-electron chi connectivity index (χ3n) is 4.76. The summed E-state index contributed by atoms with van der Waals surface area (Å²) >= 11 is 0. The Hall–Kier alpha value is -1.06. The molecule has 1 aromatic rings. The molecule has 0 spiro atoms. The maximum absolute atomic E-state index is 5.73. The van der Waals surface area contributed by atoms with Crippen LogP contribution in [0.15, 0.2) is 30.3 Å². The Bertz CT molecular complexity index is 407. The van der Waals surface area contributed by atoms with Gasteiger partial charge in [0.05, 0.1) is 0 Å². The van der Waals surface area contributed by atoms with E-state index in [1.54, 1.807) is 0 Å². The normalized spacial score (nSPS) is 26.0.